The number of halogens is 2. The fourth-order valence-electron chi connectivity index (χ4n) is 4.12. The number of benzene rings is 2. The van der Waals surface area contributed by atoms with Crippen molar-refractivity contribution in [2.75, 3.05) is 26.2 Å². The molecule has 4 N–H and O–H groups in total. The van der Waals surface area contributed by atoms with E-state index in [1.54, 1.807) is 30.9 Å². The van der Waals surface area contributed by atoms with Crippen LogP contribution in [0.15, 0.2) is 36.4 Å². The molecule has 2 aromatic carbocycles. The van der Waals surface area contributed by atoms with Crippen LogP contribution >= 0.6 is 0 Å². The van der Waals surface area contributed by atoms with E-state index in [1.165, 1.54) is 6.07 Å². The van der Waals surface area contributed by atoms with E-state index < -0.39 is 29.7 Å². The second kappa shape index (κ2) is 14.8. The Kier molecular flexibility index (Phi) is 12.1. The normalized spacial score (nSPS) is 13.6. The number of rotatable bonds is 14. The molecule has 0 spiro atoms. The lowest BCUT2D eigenvalue weighted by molar-refractivity contribution is 0.0755. The van der Waals surface area contributed by atoms with Gasteiger partial charge in [0.25, 0.3) is 11.8 Å². The van der Waals surface area contributed by atoms with E-state index in [4.69, 9.17) is 0 Å². The Morgan fingerprint density at radius 2 is 1.57 bits per heavy atom. The van der Waals surface area contributed by atoms with Crippen LogP contribution in [0.5, 0.6) is 0 Å². The quantitative estimate of drug-likeness (QED) is 0.307. The number of nitrogens with zero attached hydrogens (tertiary/aromatic N) is 1. The van der Waals surface area contributed by atoms with E-state index in [-0.39, 0.29) is 42.6 Å². The molecule has 0 heterocycles. The molecule has 2 amide bonds. The van der Waals surface area contributed by atoms with Crippen molar-refractivity contribution in [1.29, 1.82) is 0 Å². The topological polar surface area (TPSA) is 102 Å². The molecule has 3 atom stereocenters. The summed E-state index contributed by atoms with van der Waals surface area (Å²) in [4.78, 5) is 28.1. The molecular weight excluding hydrogens is 480 g/mol. The van der Waals surface area contributed by atoms with Gasteiger partial charge < -0.3 is 25.7 Å². The van der Waals surface area contributed by atoms with E-state index in [1.807, 2.05) is 13.8 Å². The third-order valence-corrected chi connectivity index (χ3v) is 5.97. The third-order valence-electron chi connectivity index (χ3n) is 5.97. The van der Waals surface area contributed by atoms with Crippen LogP contribution in [-0.2, 0) is 6.42 Å². The summed E-state index contributed by atoms with van der Waals surface area (Å²) in [6.45, 7) is 8.62. The minimum Gasteiger partial charge on any atom is -0.395 e. The average Bonchev–Trinajstić information content (AvgIpc) is 2.85. The van der Waals surface area contributed by atoms with Crippen molar-refractivity contribution in [3.05, 3.63) is 70.3 Å². The number of amides is 2. The van der Waals surface area contributed by atoms with E-state index in [0.29, 0.717) is 18.7 Å². The summed E-state index contributed by atoms with van der Waals surface area (Å²) in [6, 6.07) is 6.77. The standard InChI is InChI=1S/C28H39F2N3O4/c1-5-7-33(8-6-2)28(37)22-10-18(3)9-21(14-22)27(36)32-25(26(35)16-31-19(4)17-34)13-20-11-23(29)15-24(30)12-20/h9-12,14-15,19,25-26,31,34-35H,5-8,13,16-17H2,1-4H3,(H,32,36)/t19-,25+,26-/m1/s1. The van der Waals surface area contributed by atoms with Gasteiger partial charge in [-0.2, -0.15) is 0 Å². The Labute approximate surface area is 217 Å². The highest BCUT2D eigenvalue weighted by molar-refractivity contribution is 6.00. The van der Waals surface area contributed by atoms with Crippen LogP contribution in [0, 0.1) is 18.6 Å². The molecule has 0 bridgehead atoms. The van der Waals surface area contributed by atoms with Crippen molar-refractivity contribution in [3.63, 3.8) is 0 Å². The molecule has 0 saturated heterocycles. The van der Waals surface area contributed by atoms with Gasteiger partial charge in [-0.1, -0.05) is 13.8 Å². The molecule has 0 aliphatic carbocycles. The third kappa shape index (κ3) is 9.50. The lowest BCUT2D eigenvalue weighted by Gasteiger charge is -2.26. The lowest BCUT2D eigenvalue weighted by Crippen LogP contribution is -2.50. The van der Waals surface area contributed by atoms with Gasteiger partial charge in [0, 0.05) is 42.9 Å². The number of aliphatic hydroxyl groups is 2. The zero-order valence-electron chi connectivity index (χ0n) is 22.1. The summed E-state index contributed by atoms with van der Waals surface area (Å²) in [6.07, 6.45) is 0.469. The zero-order valence-corrected chi connectivity index (χ0v) is 22.1. The van der Waals surface area contributed by atoms with Crippen LogP contribution < -0.4 is 10.6 Å². The maximum Gasteiger partial charge on any atom is 0.253 e. The van der Waals surface area contributed by atoms with E-state index in [0.717, 1.165) is 36.6 Å². The number of hydrogen-bond acceptors (Lipinski definition) is 5. The predicted molar refractivity (Wildman–Crippen MR) is 140 cm³/mol. The molecule has 0 aliphatic rings. The summed E-state index contributed by atoms with van der Waals surface area (Å²) < 4.78 is 27.6. The van der Waals surface area contributed by atoms with Gasteiger partial charge in [-0.15, -0.1) is 0 Å². The van der Waals surface area contributed by atoms with Crippen molar-refractivity contribution in [1.82, 2.24) is 15.5 Å². The molecule has 0 saturated carbocycles. The first-order valence-electron chi connectivity index (χ1n) is 12.8. The molecule has 37 heavy (non-hydrogen) atoms. The highest BCUT2D eigenvalue weighted by Crippen LogP contribution is 2.16. The van der Waals surface area contributed by atoms with Gasteiger partial charge >= 0.3 is 0 Å². The van der Waals surface area contributed by atoms with Gasteiger partial charge in [-0.3, -0.25) is 9.59 Å². The average molecular weight is 520 g/mol. The number of carbonyl (C=O) groups is 2. The Bertz CT molecular complexity index is 1020. The van der Waals surface area contributed by atoms with Crippen LogP contribution in [-0.4, -0.2) is 71.4 Å². The van der Waals surface area contributed by atoms with Crippen LogP contribution in [0.2, 0.25) is 0 Å². The second-order valence-electron chi connectivity index (χ2n) is 9.50. The Morgan fingerprint density at radius 1 is 0.973 bits per heavy atom. The van der Waals surface area contributed by atoms with Gasteiger partial charge in [0.15, 0.2) is 0 Å². The SMILES string of the molecule is CCCN(CCC)C(=O)c1cc(C)cc(C(=O)N[C@@H](Cc2cc(F)cc(F)c2)[C@H](O)CN[C@H](C)CO)c1. The fraction of sp³-hybridized carbons (Fsp3) is 0.500. The van der Waals surface area contributed by atoms with Crippen LogP contribution in [0.3, 0.4) is 0 Å². The highest BCUT2D eigenvalue weighted by atomic mass is 19.1. The summed E-state index contributed by atoms with van der Waals surface area (Å²) in [5, 5.41) is 25.8. The molecule has 0 radical (unpaired) electrons. The largest absolute Gasteiger partial charge is 0.395 e. The van der Waals surface area contributed by atoms with Crippen LogP contribution in [0.4, 0.5) is 8.78 Å². The fourth-order valence-corrected chi connectivity index (χ4v) is 4.12. The minimum atomic E-state index is -1.13. The first-order chi connectivity index (χ1) is 17.6. The molecule has 204 valence electrons. The minimum absolute atomic E-state index is 0.0326. The highest BCUT2D eigenvalue weighted by Gasteiger charge is 2.24. The van der Waals surface area contributed by atoms with Crippen molar-refractivity contribution in [3.8, 4) is 0 Å². The van der Waals surface area contributed by atoms with Gasteiger partial charge in [-0.05, 0) is 74.6 Å². The number of nitrogens with one attached hydrogen (secondary N) is 2. The van der Waals surface area contributed by atoms with Crippen LogP contribution in [0.1, 0.15) is 65.5 Å². The maximum atomic E-state index is 13.8. The van der Waals surface area contributed by atoms with Crippen LogP contribution in [0.25, 0.3) is 0 Å². The van der Waals surface area contributed by atoms with E-state index in [2.05, 4.69) is 10.6 Å². The molecule has 2 rings (SSSR count). The number of carbonyl (C=O) groups excluding carboxylic acids is 2. The van der Waals surface area contributed by atoms with Crippen molar-refractivity contribution < 1.29 is 28.6 Å². The molecule has 7 nitrogen and oxygen atoms in total. The van der Waals surface area contributed by atoms with Gasteiger partial charge in [0.1, 0.15) is 11.6 Å². The van der Waals surface area contributed by atoms with Crippen molar-refractivity contribution in [2.45, 2.75) is 65.1 Å². The van der Waals surface area contributed by atoms with Crippen molar-refractivity contribution >= 4 is 11.8 Å². The Hall–Kier alpha value is -2.88. The molecule has 0 aliphatic heterocycles. The predicted octanol–water partition coefficient (Wildman–Crippen LogP) is 3.21. The number of aliphatic hydroxyl groups excluding tert-OH is 2. The molecule has 2 aromatic rings. The summed E-state index contributed by atoms with van der Waals surface area (Å²) in [7, 11) is 0. The van der Waals surface area contributed by atoms with E-state index in [9.17, 15) is 28.6 Å². The summed E-state index contributed by atoms with van der Waals surface area (Å²) >= 11 is 0. The first-order valence-corrected chi connectivity index (χ1v) is 12.8. The number of aryl methyl sites for hydroxylation is 1. The van der Waals surface area contributed by atoms with E-state index >= 15 is 0 Å². The maximum absolute atomic E-state index is 13.8. The molecule has 0 fully saturated rings. The summed E-state index contributed by atoms with van der Waals surface area (Å²) in [5.41, 5.74) is 1.64. The monoisotopic (exact) mass is 519 g/mol. The van der Waals surface area contributed by atoms with Gasteiger partial charge in [-0.25, -0.2) is 8.78 Å². The summed E-state index contributed by atoms with van der Waals surface area (Å²) in [5.74, 6) is -2.19. The molecule has 0 aromatic heterocycles. The lowest BCUT2D eigenvalue weighted by atomic mass is 9.99. The van der Waals surface area contributed by atoms with Gasteiger partial charge in [0.05, 0.1) is 18.8 Å². The zero-order chi connectivity index (χ0) is 27.5. The molecule has 0 unspecified atom stereocenters. The van der Waals surface area contributed by atoms with Gasteiger partial charge in [0.2, 0.25) is 0 Å². The molecular formula is C28H39F2N3O4. The molecule has 9 heteroatoms. The smallest absolute Gasteiger partial charge is 0.253 e. The Balaban J connectivity index is 2.30. The second-order valence-corrected chi connectivity index (χ2v) is 9.50. The number of hydrogen-bond donors (Lipinski definition) is 4. The Morgan fingerprint density at radius 3 is 2.14 bits per heavy atom. The van der Waals surface area contributed by atoms with Crippen molar-refractivity contribution in [2.24, 2.45) is 0 Å². The first kappa shape index (κ1) is 30.3.